The number of carbonyl (C=O) groups excluding carboxylic acids is 1. The maximum atomic E-state index is 12.6. The smallest absolute Gasteiger partial charge is 0.347 e. The van der Waals surface area contributed by atoms with Crippen LogP contribution in [0.5, 0.6) is 5.75 Å². The number of esters is 1. The zero-order chi connectivity index (χ0) is 18.4. The summed E-state index contributed by atoms with van der Waals surface area (Å²) >= 11 is 0. The highest BCUT2D eigenvalue weighted by molar-refractivity contribution is 7.97. The Morgan fingerprint density at radius 1 is 0.885 bits per heavy atom. The van der Waals surface area contributed by atoms with Crippen LogP contribution in [0.3, 0.4) is 0 Å². The Labute approximate surface area is 156 Å². The minimum atomic E-state index is -0.523. The molecule has 132 valence electrons. The third kappa shape index (κ3) is 3.92. The van der Waals surface area contributed by atoms with Gasteiger partial charge in [-0.1, -0.05) is 49.4 Å². The number of hydrogen-bond donors (Lipinski definition) is 1. The summed E-state index contributed by atoms with van der Waals surface area (Å²) in [5.41, 5.74) is 0.247. The molecule has 3 nitrogen and oxygen atoms in total. The van der Waals surface area contributed by atoms with E-state index in [4.69, 9.17) is 4.74 Å². The predicted octanol–water partition coefficient (Wildman–Crippen LogP) is 5.05. The van der Waals surface area contributed by atoms with Gasteiger partial charge in [-0.15, -0.1) is 0 Å². The van der Waals surface area contributed by atoms with E-state index in [0.29, 0.717) is 6.61 Å². The standard InChI is InChI=1S/C22H20O3S/c1-2-16-25-22(24)21-19(23)14-9-15-20(21)26(17-10-5-3-6-11-17)18-12-7-4-8-13-18/h3-15H,2,16H2,1H3/p+1. The highest BCUT2D eigenvalue weighted by atomic mass is 32.2. The molecule has 0 heterocycles. The molecular formula is C22H21O3S+. The van der Waals surface area contributed by atoms with Crippen LogP contribution in [0.15, 0.2) is 93.5 Å². The van der Waals surface area contributed by atoms with E-state index in [-0.39, 0.29) is 11.3 Å². The summed E-state index contributed by atoms with van der Waals surface area (Å²) in [7, 11) is -0.523. The third-order valence-corrected chi connectivity index (χ3v) is 6.09. The normalized spacial score (nSPS) is 10.7. The first-order valence-electron chi connectivity index (χ1n) is 8.56. The number of carbonyl (C=O) groups is 1. The van der Waals surface area contributed by atoms with Crippen LogP contribution >= 0.6 is 0 Å². The summed E-state index contributed by atoms with van der Waals surface area (Å²) in [5.74, 6) is -0.530. The molecule has 0 aliphatic heterocycles. The topological polar surface area (TPSA) is 46.5 Å². The highest BCUT2D eigenvalue weighted by Crippen LogP contribution is 2.36. The molecule has 0 amide bonds. The zero-order valence-corrected chi connectivity index (χ0v) is 15.4. The number of aromatic hydroxyl groups is 1. The van der Waals surface area contributed by atoms with Gasteiger partial charge in [0, 0.05) is 0 Å². The average molecular weight is 365 g/mol. The van der Waals surface area contributed by atoms with Gasteiger partial charge in [0.25, 0.3) is 0 Å². The molecule has 26 heavy (non-hydrogen) atoms. The van der Waals surface area contributed by atoms with Crippen molar-refractivity contribution in [1.29, 1.82) is 0 Å². The molecule has 0 saturated heterocycles. The third-order valence-electron chi connectivity index (χ3n) is 3.82. The van der Waals surface area contributed by atoms with E-state index in [1.807, 2.05) is 73.7 Å². The van der Waals surface area contributed by atoms with E-state index in [1.165, 1.54) is 6.07 Å². The zero-order valence-electron chi connectivity index (χ0n) is 14.6. The highest BCUT2D eigenvalue weighted by Gasteiger charge is 2.35. The van der Waals surface area contributed by atoms with Gasteiger partial charge in [0.2, 0.25) is 0 Å². The van der Waals surface area contributed by atoms with Crippen molar-refractivity contribution in [2.24, 2.45) is 0 Å². The minimum Gasteiger partial charge on any atom is -0.507 e. The largest absolute Gasteiger partial charge is 0.507 e. The van der Waals surface area contributed by atoms with E-state index < -0.39 is 16.9 Å². The number of phenolic OH excluding ortho intramolecular Hbond substituents is 1. The second kappa shape index (κ2) is 8.59. The lowest BCUT2D eigenvalue weighted by atomic mass is 10.2. The maximum absolute atomic E-state index is 12.6. The van der Waals surface area contributed by atoms with Crippen molar-refractivity contribution in [3.8, 4) is 5.75 Å². The van der Waals surface area contributed by atoms with Gasteiger partial charge in [0.1, 0.15) is 16.6 Å². The Bertz CT molecular complexity index is 824. The summed E-state index contributed by atoms with van der Waals surface area (Å²) < 4.78 is 5.33. The number of ether oxygens (including phenoxy) is 1. The van der Waals surface area contributed by atoms with Crippen molar-refractivity contribution < 1.29 is 14.6 Å². The van der Waals surface area contributed by atoms with Gasteiger partial charge in [-0.3, -0.25) is 0 Å². The summed E-state index contributed by atoms with van der Waals surface area (Å²) in [6, 6.07) is 25.2. The lowest BCUT2D eigenvalue weighted by Crippen LogP contribution is -2.14. The first-order chi connectivity index (χ1) is 12.7. The van der Waals surface area contributed by atoms with Gasteiger partial charge in [-0.2, -0.15) is 0 Å². The lowest BCUT2D eigenvalue weighted by molar-refractivity contribution is 0.0497. The van der Waals surface area contributed by atoms with Crippen molar-refractivity contribution in [3.05, 3.63) is 84.4 Å². The molecule has 0 spiro atoms. The molecular weight excluding hydrogens is 344 g/mol. The minimum absolute atomic E-state index is 0.0482. The van der Waals surface area contributed by atoms with Gasteiger partial charge < -0.3 is 9.84 Å². The molecule has 0 radical (unpaired) electrons. The van der Waals surface area contributed by atoms with Crippen molar-refractivity contribution in [1.82, 2.24) is 0 Å². The summed E-state index contributed by atoms with van der Waals surface area (Å²) in [5, 5.41) is 10.4. The van der Waals surface area contributed by atoms with Crippen molar-refractivity contribution in [2.45, 2.75) is 28.0 Å². The molecule has 0 bridgehead atoms. The Kier molecular flexibility index (Phi) is 5.97. The van der Waals surface area contributed by atoms with E-state index in [2.05, 4.69) is 0 Å². The quantitative estimate of drug-likeness (QED) is 0.491. The first-order valence-corrected chi connectivity index (χ1v) is 9.78. The molecule has 0 aliphatic carbocycles. The summed E-state index contributed by atoms with van der Waals surface area (Å²) in [6.07, 6.45) is 0.734. The van der Waals surface area contributed by atoms with Crippen molar-refractivity contribution in [2.75, 3.05) is 6.61 Å². The number of phenols is 1. The van der Waals surface area contributed by atoms with Crippen molar-refractivity contribution in [3.63, 3.8) is 0 Å². The van der Waals surface area contributed by atoms with Crippen LogP contribution in [0.2, 0.25) is 0 Å². The van der Waals surface area contributed by atoms with Crippen LogP contribution < -0.4 is 0 Å². The second-order valence-corrected chi connectivity index (χ2v) is 7.71. The number of benzene rings is 3. The average Bonchev–Trinajstić information content (AvgIpc) is 2.68. The monoisotopic (exact) mass is 365 g/mol. The fourth-order valence-electron chi connectivity index (χ4n) is 2.66. The van der Waals surface area contributed by atoms with Crippen LogP contribution in [0, 0.1) is 0 Å². The van der Waals surface area contributed by atoms with Gasteiger partial charge in [0.15, 0.2) is 20.2 Å². The Morgan fingerprint density at radius 2 is 1.46 bits per heavy atom. The van der Waals surface area contributed by atoms with Crippen LogP contribution in [-0.2, 0) is 15.6 Å². The number of rotatable bonds is 6. The fraction of sp³-hybridized carbons (Fsp3) is 0.136. The molecule has 1 N–H and O–H groups in total. The lowest BCUT2D eigenvalue weighted by Gasteiger charge is -2.12. The van der Waals surface area contributed by atoms with Gasteiger partial charge >= 0.3 is 5.97 Å². The van der Waals surface area contributed by atoms with Crippen LogP contribution in [0.25, 0.3) is 0 Å². The SMILES string of the molecule is CCCOC(=O)c1c(O)cccc1[S+](c1ccccc1)c1ccccc1. The second-order valence-electron chi connectivity index (χ2n) is 5.72. The van der Waals surface area contributed by atoms with Crippen molar-refractivity contribution >= 4 is 16.9 Å². The van der Waals surface area contributed by atoms with E-state index in [1.54, 1.807) is 6.07 Å². The molecule has 0 unspecified atom stereocenters. The summed E-state index contributed by atoms with van der Waals surface area (Å²) in [6.45, 7) is 2.27. The van der Waals surface area contributed by atoms with Gasteiger partial charge in [-0.25, -0.2) is 4.79 Å². The molecule has 0 aliphatic rings. The maximum Gasteiger partial charge on any atom is 0.347 e. The fourth-order valence-corrected chi connectivity index (χ4v) is 4.91. The molecule has 0 fully saturated rings. The summed E-state index contributed by atoms with van der Waals surface area (Å²) in [4.78, 5) is 15.6. The molecule has 0 atom stereocenters. The van der Waals surface area contributed by atoms with E-state index >= 15 is 0 Å². The molecule has 3 aromatic rings. The predicted molar refractivity (Wildman–Crippen MR) is 104 cm³/mol. The molecule has 4 heteroatoms. The van der Waals surface area contributed by atoms with Crippen LogP contribution in [0.4, 0.5) is 0 Å². The Hall–Kier alpha value is -2.72. The Balaban J connectivity index is 2.16. The van der Waals surface area contributed by atoms with E-state index in [9.17, 15) is 9.90 Å². The molecule has 0 aromatic heterocycles. The van der Waals surface area contributed by atoms with E-state index in [0.717, 1.165) is 21.1 Å². The first kappa shape index (κ1) is 18.1. The molecule has 0 saturated carbocycles. The van der Waals surface area contributed by atoms with Crippen LogP contribution in [-0.4, -0.2) is 17.7 Å². The molecule has 3 rings (SSSR count). The Morgan fingerprint density at radius 3 is 2.00 bits per heavy atom. The van der Waals surface area contributed by atoms with Gasteiger partial charge in [0.05, 0.1) is 6.61 Å². The van der Waals surface area contributed by atoms with Gasteiger partial charge in [-0.05, 0) is 42.8 Å². The molecule has 3 aromatic carbocycles. The number of hydrogen-bond acceptors (Lipinski definition) is 3. The van der Waals surface area contributed by atoms with Crippen LogP contribution in [0.1, 0.15) is 23.7 Å².